The second kappa shape index (κ2) is 7.76. The average Bonchev–Trinajstić information content (AvgIpc) is 2.53. The van der Waals surface area contributed by atoms with Gasteiger partial charge in [-0.3, -0.25) is 9.78 Å². The van der Waals surface area contributed by atoms with Gasteiger partial charge in [-0.05, 0) is 30.2 Å². The Balaban J connectivity index is 1.87. The van der Waals surface area contributed by atoms with Crippen LogP contribution < -0.4 is 10.1 Å². The van der Waals surface area contributed by atoms with E-state index >= 15 is 0 Å². The first kappa shape index (κ1) is 17.7. The van der Waals surface area contributed by atoms with Crippen LogP contribution in [0.1, 0.15) is 16.8 Å². The fourth-order valence-corrected chi connectivity index (χ4v) is 1.91. The molecule has 128 valence electrons. The SMILES string of the molecule is Cc1cccnc1CC(=O)NCc1ccnc(OCC(F)(F)F)c1. The van der Waals surface area contributed by atoms with Crippen molar-refractivity contribution in [2.75, 3.05) is 6.61 Å². The first-order valence-electron chi connectivity index (χ1n) is 7.15. The molecule has 0 aliphatic carbocycles. The summed E-state index contributed by atoms with van der Waals surface area (Å²) in [5.41, 5.74) is 2.19. The number of alkyl halides is 3. The Hall–Kier alpha value is -2.64. The van der Waals surface area contributed by atoms with E-state index in [1.54, 1.807) is 18.3 Å². The monoisotopic (exact) mass is 339 g/mol. The van der Waals surface area contributed by atoms with Crippen LogP contribution in [-0.4, -0.2) is 28.7 Å². The predicted octanol–water partition coefficient (Wildman–Crippen LogP) is 2.59. The zero-order valence-electron chi connectivity index (χ0n) is 12.9. The first-order chi connectivity index (χ1) is 11.3. The Kier molecular flexibility index (Phi) is 5.73. The van der Waals surface area contributed by atoms with E-state index in [1.807, 2.05) is 13.0 Å². The van der Waals surface area contributed by atoms with Gasteiger partial charge >= 0.3 is 6.18 Å². The molecule has 1 amide bonds. The number of halogens is 3. The van der Waals surface area contributed by atoms with Crippen molar-refractivity contribution < 1.29 is 22.7 Å². The number of aryl methyl sites for hydroxylation is 1. The van der Waals surface area contributed by atoms with Gasteiger partial charge in [-0.15, -0.1) is 0 Å². The molecule has 8 heteroatoms. The number of nitrogens with one attached hydrogen (secondary N) is 1. The third-order valence-corrected chi connectivity index (χ3v) is 3.12. The summed E-state index contributed by atoms with van der Waals surface area (Å²) in [7, 11) is 0. The minimum Gasteiger partial charge on any atom is -0.468 e. The van der Waals surface area contributed by atoms with Crippen molar-refractivity contribution in [3.05, 3.63) is 53.5 Å². The van der Waals surface area contributed by atoms with E-state index in [1.165, 1.54) is 12.3 Å². The van der Waals surface area contributed by atoms with E-state index in [0.29, 0.717) is 11.3 Å². The molecular formula is C16H16F3N3O2. The normalized spacial score (nSPS) is 11.2. The number of nitrogens with zero attached hydrogens (tertiary/aromatic N) is 2. The van der Waals surface area contributed by atoms with Crippen molar-refractivity contribution in [3.63, 3.8) is 0 Å². The molecule has 0 unspecified atom stereocenters. The maximum absolute atomic E-state index is 12.1. The van der Waals surface area contributed by atoms with Crippen LogP contribution in [0.25, 0.3) is 0 Å². The average molecular weight is 339 g/mol. The molecule has 0 fully saturated rings. The van der Waals surface area contributed by atoms with Gasteiger partial charge in [0.1, 0.15) is 0 Å². The van der Waals surface area contributed by atoms with Gasteiger partial charge in [-0.1, -0.05) is 6.07 Å². The summed E-state index contributed by atoms with van der Waals surface area (Å²) >= 11 is 0. The Labute approximate surface area is 136 Å². The molecule has 0 saturated carbocycles. The van der Waals surface area contributed by atoms with E-state index < -0.39 is 12.8 Å². The molecule has 0 spiro atoms. The summed E-state index contributed by atoms with van der Waals surface area (Å²) < 4.78 is 40.9. The van der Waals surface area contributed by atoms with E-state index in [0.717, 1.165) is 5.56 Å². The molecule has 0 aromatic carbocycles. The summed E-state index contributed by atoms with van der Waals surface area (Å²) in [6.45, 7) is 0.618. The van der Waals surface area contributed by atoms with Crippen LogP contribution in [0, 0.1) is 6.92 Å². The van der Waals surface area contributed by atoms with Gasteiger partial charge in [0.2, 0.25) is 11.8 Å². The molecule has 2 heterocycles. The van der Waals surface area contributed by atoms with Gasteiger partial charge < -0.3 is 10.1 Å². The highest BCUT2D eigenvalue weighted by Crippen LogP contribution is 2.17. The van der Waals surface area contributed by atoms with Crippen molar-refractivity contribution in [2.45, 2.75) is 26.1 Å². The van der Waals surface area contributed by atoms with E-state index in [-0.39, 0.29) is 24.8 Å². The number of carbonyl (C=O) groups excluding carboxylic acids is 1. The molecule has 0 aliphatic rings. The predicted molar refractivity (Wildman–Crippen MR) is 80.3 cm³/mol. The number of pyridine rings is 2. The maximum Gasteiger partial charge on any atom is 0.422 e. The van der Waals surface area contributed by atoms with Crippen molar-refractivity contribution in [1.29, 1.82) is 0 Å². The van der Waals surface area contributed by atoms with Crippen molar-refractivity contribution in [3.8, 4) is 5.88 Å². The fraction of sp³-hybridized carbons (Fsp3) is 0.312. The summed E-state index contributed by atoms with van der Waals surface area (Å²) in [6.07, 6.45) is -1.35. The number of aromatic nitrogens is 2. The number of carbonyl (C=O) groups is 1. The smallest absolute Gasteiger partial charge is 0.422 e. The zero-order valence-corrected chi connectivity index (χ0v) is 12.9. The second-order valence-corrected chi connectivity index (χ2v) is 5.13. The van der Waals surface area contributed by atoms with Crippen LogP contribution in [-0.2, 0) is 17.8 Å². The lowest BCUT2D eigenvalue weighted by molar-refractivity contribution is -0.154. The quantitative estimate of drug-likeness (QED) is 0.879. The lowest BCUT2D eigenvalue weighted by Gasteiger charge is -2.10. The molecule has 0 bridgehead atoms. The van der Waals surface area contributed by atoms with Crippen LogP contribution in [0.4, 0.5) is 13.2 Å². The van der Waals surface area contributed by atoms with Gasteiger partial charge in [0.05, 0.1) is 12.1 Å². The summed E-state index contributed by atoms with van der Waals surface area (Å²) in [5.74, 6) is -0.369. The molecule has 1 N–H and O–H groups in total. The van der Waals surface area contributed by atoms with E-state index in [9.17, 15) is 18.0 Å². The molecule has 0 radical (unpaired) electrons. The van der Waals surface area contributed by atoms with Crippen LogP contribution in [0.5, 0.6) is 5.88 Å². The maximum atomic E-state index is 12.1. The molecule has 2 aromatic rings. The molecule has 0 atom stereocenters. The number of amides is 1. The van der Waals surface area contributed by atoms with Gasteiger partial charge in [0.15, 0.2) is 6.61 Å². The third kappa shape index (κ3) is 5.86. The minimum atomic E-state index is -4.42. The molecule has 2 rings (SSSR count). The van der Waals surface area contributed by atoms with E-state index in [4.69, 9.17) is 0 Å². The van der Waals surface area contributed by atoms with Crippen LogP contribution in [0.2, 0.25) is 0 Å². The van der Waals surface area contributed by atoms with Crippen LogP contribution >= 0.6 is 0 Å². The highest BCUT2D eigenvalue weighted by Gasteiger charge is 2.28. The highest BCUT2D eigenvalue weighted by atomic mass is 19.4. The molecule has 24 heavy (non-hydrogen) atoms. The number of rotatable bonds is 6. The topological polar surface area (TPSA) is 64.1 Å². The number of hydrogen-bond donors (Lipinski definition) is 1. The molecule has 0 aliphatic heterocycles. The molecular weight excluding hydrogens is 323 g/mol. The Morgan fingerprint density at radius 3 is 2.75 bits per heavy atom. The largest absolute Gasteiger partial charge is 0.468 e. The van der Waals surface area contributed by atoms with Gasteiger partial charge in [0.25, 0.3) is 0 Å². The van der Waals surface area contributed by atoms with Crippen molar-refractivity contribution >= 4 is 5.91 Å². The zero-order chi connectivity index (χ0) is 17.6. The van der Waals surface area contributed by atoms with Gasteiger partial charge in [-0.2, -0.15) is 13.2 Å². The van der Waals surface area contributed by atoms with Crippen LogP contribution in [0.3, 0.4) is 0 Å². The lowest BCUT2D eigenvalue weighted by atomic mass is 10.1. The summed E-state index contributed by atoms with van der Waals surface area (Å²) in [4.78, 5) is 19.8. The second-order valence-electron chi connectivity index (χ2n) is 5.13. The Morgan fingerprint density at radius 1 is 1.25 bits per heavy atom. The third-order valence-electron chi connectivity index (χ3n) is 3.12. The first-order valence-corrected chi connectivity index (χ1v) is 7.15. The standard InChI is InChI=1S/C16H16F3N3O2/c1-11-3-2-5-20-13(11)8-14(23)22-9-12-4-6-21-15(7-12)24-10-16(17,18)19/h2-7H,8-10H2,1H3,(H,22,23). The molecule has 5 nitrogen and oxygen atoms in total. The number of ether oxygens (including phenoxy) is 1. The Morgan fingerprint density at radius 2 is 2.04 bits per heavy atom. The van der Waals surface area contributed by atoms with E-state index in [2.05, 4.69) is 20.0 Å². The molecule has 2 aromatic heterocycles. The lowest BCUT2D eigenvalue weighted by Crippen LogP contribution is -2.25. The Bertz CT molecular complexity index is 705. The summed E-state index contributed by atoms with van der Waals surface area (Å²) in [5, 5.41) is 2.69. The van der Waals surface area contributed by atoms with Gasteiger partial charge in [0, 0.05) is 25.0 Å². The number of hydrogen-bond acceptors (Lipinski definition) is 4. The van der Waals surface area contributed by atoms with Crippen LogP contribution in [0.15, 0.2) is 36.7 Å². The highest BCUT2D eigenvalue weighted by molar-refractivity contribution is 5.78. The van der Waals surface area contributed by atoms with Gasteiger partial charge in [-0.25, -0.2) is 4.98 Å². The minimum absolute atomic E-state index is 0.134. The van der Waals surface area contributed by atoms with Crippen molar-refractivity contribution in [1.82, 2.24) is 15.3 Å². The fourth-order valence-electron chi connectivity index (χ4n) is 1.91. The molecule has 0 saturated heterocycles. The van der Waals surface area contributed by atoms with Crippen molar-refractivity contribution in [2.24, 2.45) is 0 Å². The summed E-state index contributed by atoms with van der Waals surface area (Å²) in [6, 6.07) is 6.60.